The lowest BCUT2D eigenvalue weighted by molar-refractivity contribution is 0.0943. The molecule has 1 atom stereocenters. The van der Waals surface area contributed by atoms with Gasteiger partial charge in [0.1, 0.15) is 18.3 Å². The zero-order valence-electron chi connectivity index (χ0n) is 18.9. The van der Waals surface area contributed by atoms with E-state index in [0.29, 0.717) is 34.7 Å². The van der Waals surface area contributed by atoms with Crippen molar-refractivity contribution in [3.63, 3.8) is 0 Å². The van der Waals surface area contributed by atoms with Crippen molar-refractivity contribution >= 4 is 16.9 Å². The lowest BCUT2D eigenvalue weighted by Crippen LogP contribution is -2.30. The van der Waals surface area contributed by atoms with Gasteiger partial charge in [-0.05, 0) is 23.8 Å². The number of rotatable bonds is 7. The molecule has 2 N–H and O–H groups in total. The Kier molecular flexibility index (Phi) is 5.51. The van der Waals surface area contributed by atoms with E-state index in [1.165, 1.54) is 0 Å². The molecule has 0 bridgehead atoms. The third kappa shape index (κ3) is 4.11. The van der Waals surface area contributed by atoms with Gasteiger partial charge in [-0.3, -0.25) is 4.79 Å². The second kappa shape index (κ2) is 9.26. The molecular formula is C26H20N8O2. The van der Waals surface area contributed by atoms with E-state index >= 15 is 0 Å². The first-order chi connectivity index (χ1) is 17.8. The highest BCUT2D eigenvalue weighted by molar-refractivity contribution is 6.06. The number of amides is 1. The normalized spacial score (nSPS) is 12.0. The van der Waals surface area contributed by atoms with Crippen LogP contribution in [0.1, 0.15) is 33.5 Å². The molecule has 0 aliphatic heterocycles. The third-order valence-electron chi connectivity index (χ3n) is 5.84. The van der Waals surface area contributed by atoms with Crippen LogP contribution in [0.5, 0.6) is 0 Å². The number of H-pyrrole nitrogens is 1. The van der Waals surface area contributed by atoms with Crippen molar-refractivity contribution in [3.05, 3.63) is 114 Å². The summed E-state index contributed by atoms with van der Waals surface area (Å²) >= 11 is 0. The smallest absolute Gasteiger partial charge is 0.253 e. The van der Waals surface area contributed by atoms with E-state index in [0.717, 1.165) is 16.9 Å². The van der Waals surface area contributed by atoms with Crippen molar-refractivity contribution in [3.8, 4) is 11.3 Å². The second-order valence-electron chi connectivity index (χ2n) is 8.13. The van der Waals surface area contributed by atoms with Gasteiger partial charge in [-0.15, -0.1) is 10.2 Å². The molecule has 1 amide bonds. The van der Waals surface area contributed by atoms with Crippen LogP contribution in [0.25, 0.3) is 22.3 Å². The maximum absolute atomic E-state index is 13.8. The summed E-state index contributed by atoms with van der Waals surface area (Å²) in [4.78, 5) is 18.6. The third-order valence-corrected chi connectivity index (χ3v) is 5.84. The van der Waals surface area contributed by atoms with E-state index in [1.807, 2.05) is 72.8 Å². The van der Waals surface area contributed by atoms with Gasteiger partial charge in [-0.1, -0.05) is 65.9 Å². The molecule has 6 aromatic rings. The predicted octanol–water partition coefficient (Wildman–Crippen LogP) is 3.77. The quantitative estimate of drug-likeness (QED) is 0.359. The average molecular weight is 477 g/mol. The van der Waals surface area contributed by atoms with Crippen LogP contribution < -0.4 is 5.32 Å². The number of pyridine rings is 1. The standard InChI is InChI=1S/C26H20N8O2/c35-26(29-23(24-30-32-33-31-24)18-10-5-2-6-11-18)20-14-22(17-8-3-1-4-9-17)28-25-21(20)15-27-34(25)16-19-12-7-13-36-19/h1-15,23H,16H2,(H,29,35)(H,30,31,32,33). The lowest BCUT2D eigenvalue weighted by atomic mass is 10.0. The number of nitrogens with one attached hydrogen (secondary N) is 2. The topological polar surface area (TPSA) is 127 Å². The number of carbonyl (C=O) groups excluding carboxylic acids is 1. The molecule has 4 heterocycles. The lowest BCUT2D eigenvalue weighted by Gasteiger charge is -2.16. The molecule has 1 unspecified atom stereocenters. The number of hydrogen-bond donors (Lipinski definition) is 2. The predicted molar refractivity (Wildman–Crippen MR) is 131 cm³/mol. The number of carbonyl (C=O) groups is 1. The molecular weight excluding hydrogens is 456 g/mol. The van der Waals surface area contributed by atoms with E-state index in [2.05, 4.69) is 31.0 Å². The summed E-state index contributed by atoms with van der Waals surface area (Å²) in [7, 11) is 0. The number of hydrogen-bond acceptors (Lipinski definition) is 7. The summed E-state index contributed by atoms with van der Waals surface area (Å²) in [5.74, 6) is 0.784. The molecule has 10 heteroatoms. The van der Waals surface area contributed by atoms with Crippen LogP contribution in [0.2, 0.25) is 0 Å². The monoisotopic (exact) mass is 476 g/mol. The largest absolute Gasteiger partial charge is 0.467 e. The van der Waals surface area contributed by atoms with Crippen molar-refractivity contribution in [2.45, 2.75) is 12.6 Å². The highest BCUT2D eigenvalue weighted by atomic mass is 16.3. The highest BCUT2D eigenvalue weighted by Crippen LogP contribution is 2.27. The SMILES string of the molecule is O=C(NC(c1ccccc1)c1nn[nH]n1)c1cc(-c2ccccc2)nc2c1cnn2Cc1ccco1. The maximum atomic E-state index is 13.8. The molecule has 0 aliphatic carbocycles. The van der Waals surface area contributed by atoms with Gasteiger partial charge >= 0.3 is 0 Å². The van der Waals surface area contributed by atoms with Gasteiger partial charge in [0.15, 0.2) is 5.65 Å². The molecule has 0 aliphatic rings. The fraction of sp³-hybridized carbons (Fsp3) is 0.0769. The fourth-order valence-electron chi connectivity index (χ4n) is 4.10. The Morgan fingerprint density at radius 1 is 1.03 bits per heavy atom. The minimum absolute atomic E-state index is 0.309. The van der Waals surface area contributed by atoms with Gasteiger partial charge in [0.05, 0.1) is 29.1 Å². The number of nitrogens with zero attached hydrogens (tertiary/aromatic N) is 6. The summed E-state index contributed by atoms with van der Waals surface area (Å²) in [5.41, 5.74) is 3.39. The first kappa shape index (κ1) is 21.4. The van der Waals surface area contributed by atoms with Crippen LogP contribution in [0, 0.1) is 0 Å². The Labute approximate surface area is 205 Å². The number of aromatic nitrogens is 7. The van der Waals surface area contributed by atoms with Crippen LogP contribution in [-0.2, 0) is 6.54 Å². The Morgan fingerprint density at radius 3 is 2.56 bits per heavy atom. The van der Waals surface area contributed by atoms with E-state index in [9.17, 15) is 4.79 Å². The number of tetrazole rings is 1. The van der Waals surface area contributed by atoms with Gasteiger partial charge in [0.2, 0.25) is 5.82 Å². The molecule has 0 spiro atoms. The summed E-state index contributed by atoms with van der Waals surface area (Å²) in [6.45, 7) is 0.387. The molecule has 0 saturated heterocycles. The molecule has 10 nitrogen and oxygen atoms in total. The van der Waals surface area contributed by atoms with Gasteiger partial charge < -0.3 is 9.73 Å². The van der Waals surface area contributed by atoms with E-state index in [-0.39, 0.29) is 5.91 Å². The van der Waals surface area contributed by atoms with Gasteiger partial charge in [0, 0.05) is 5.56 Å². The molecule has 6 rings (SSSR count). The number of furan rings is 1. The average Bonchev–Trinajstić information content (AvgIpc) is 3.71. The number of fused-ring (bicyclic) bond motifs is 1. The Bertz CT molecular complexity index is 1590. The summed E-state index contributed by atoms with van der Waals surface area (Å²) in [6.07, 6.45) is 3.27. The first-order valence-corrected chi connectivity index (χ1v) is 11.3. The van der Waals surface area contributed by atoms with Gasteiger partial charge in [-0.2, -0.15) is 10.3 Å². The Morgan fingerprint density at radius 2 is 1.83 bits per heavy atom. The summed E-state index contributed by atoms with van der Waals surface area (Å²) < 4.78 is 7.23. The first-order valence-electron chi connectivity index (χ1n) is 11.3. The van der Waals surface area contributed by atoms with E-state index in [4.69, 9.17) is 9.40 Å². The fourth-order valence-corrected chi connectivity index (χ4v) is 4.10. The van der Waals surface area contributed by atoms with Crippen LogP contribution >= 0.6 is 0 Å². The number of aromatic amines is 1. The Hall–Kier alpha value is -5.12. The molecule has 176 valence electrons. The van der Waals surface area contributed by atoms with E-state index < -0.39 is 6.04 Å². The summed E-state index contributed by atoms with van der Waals surface area (Å²) in [6, 6.07) is 24.1. The van der Waals surface area contributed by atoms with Crippen molar-refractivity contribution in [1.29, 1.82) is 0 Å². The van der Waals surface area contributed by atoms with Crippen molar-refractivity contribution in [1.82, 2.24) is 40.7 Å². The number of benzene rings is 2. The van der Waals surface area contributed by atoms with Crippen LogP contribution in [0.15, 0.2) is 95.7 Å². The van der Waals surface area contributed by atoms with Crippen LogP contribution in [-0.4, -0.2) is 41.3 Å². The second-order valence-corrected chi connectivity index (χ2v) is 8.13. The molecule has 4 aromatic heterocycles. The minimum atomic E-state index is -0.598. The zero-order chi connectivity index (χ0) is 24.3. The summed E-state index contributed by atoms with van der Waals surface area (Å²) in [5, 5.41) is 22.6. The minimum Gasteiger partial charge on any atom is -0.467 e. The van der Waals surface area contributed by atoms with Crippen LogP contribution in [0.4, 0.5) is 0 Å². The molecule has 0 fully saturated rings. The van der Waals surface area contributed by atoms with Gasteiger partial charge in [-0.25, -0.2) is 9.67 Å². The highest BCUT2D eigenvalue weighted by Gasteiger charge is 2.24. The molecule has 36 heavy (non-hydrogen) atoms. The molecule has 2 aromatic carbocycles. The Balaban J connectivity index is 1.44. The van der Waals surface area contributed by atoms with Crippen molar-refractivity contribution in [2.75, 3.05) is 0 Å². The zero-order valence-corrected chi connectivity index (χ0v) is 18.9. The van der Waals surface area contributed by atoms with Gasteiger partial charge in [0.25, 0.3) is 5.91 Å². The van der Waals surface area contributed by atoms with Crippen molar-refractivity contribution in [2.24, 2.45) is 0 Å². The molecule has 0 saturated carbocycles. The molecule has 0 radical (unpaired) electrons. The van der Waals surface area contributed by atoms with E-state index in [1.54, 1.807) is 23.2 Å². The van der Waals surface area contributed by atoms with Crippen LogP contribution in [0.3, 0.4) is 0 Å². The maximum Gasteiger partial charge on any atom is 0.253 e. The van der Waals surface area contributed by atoms with Crippen molar-refractivity contribution < 1.29 is 9.21 Å².